The Morgan fingerprint density at radius 3 is 2.27 bits per heavy atom. The molecule has 2 aromatic heterocycles. The fraction of sp³-hybridized carbons (Fsp3) is 0.345. The lowest BCUT2D eigenvalue weighted by Gasteiger charge is -2.31. The third kappa shape index (κ3) is 5.78. The summed E-state index contributed by atoms with van der Waals surface area (Å²) < 4.78 is 12.4. The van der Waals surface area contributed by atoms with Gasteiger partial charge in [0.25, 0.3) is 0 Å². The van der Waals surface area contributed by atoms with Gasteiger partial charge in [-0.15, -0.1) is 0 Å². The molecule has 0 atom stereocenters. The first kappa shape index (κ1) is 26.5. The van der Waals surface area contributed by atoms with Crippen LogP contribution in [-0.4, -0.2) is 83.3 Å². The van der Waals surface area contributed by atoms with Crippen LogP contribution in [-0.2, 0) is 9.47 Å². The van der Waals surface area contributed by atoms with Gasteiger partial charge in [-0.25, -0.2) is 24.2 Å². The SMILES string of the molecule is COC(=O)N1CCC(n2ncc3c(N4CCOCC4)nc(-c4ccc(NC(=O)Nc5ccccc5)cc4)nc32)CC1. The van der Waals surface area contributed by atoms with Gasteiger partial charge in [-0.2, -0.15) is 5.10 Å². The average molecular weight is 557 g/mol. The Labute approximate surface area is 237 Å². The molecule has 212 valence electrons. The number of morpholine rings is 1. The third-order valence-electron chi connectivity index (χ3n) is 7.42. The van der Waals surface area contributed by atoms with Crippen LogP contribution in [0.2, 0.25) is 0 Å². The van der Waals surface area contributed by atoms with Crippen molar-refractivity contribution in [1.82, 2.24) is 24.6 Å². The fourth-order valence-electron chi connectivity index (χ4n) is 5.26. The van der Waals surface area contributed by atoms with Gasteiger partial charge >= 0.3 is 12.1 Å². The number of urea groups is 1. The standard InChI is InChI=1S/C29H32N8O4/c1-40-29(39)36-13-11-23(12-14-36)37-27-24(19-30-37)26(35-15-17-41-18-16-35)33-25(34-27)20-7-9-22(10-8-20)32-28(38)31-21-5-3-2-4-6-21/h2-10,19,23H,11-18H2,1H3,(H2,31,32,38). The van der Waals surface area contributed by atoms with Gasteiger partial charge in [0.2, 0.25) is 0 Å². The molecule has 0 unspecified atom stereocenters. The summed E-state index contributed by atoms with van der Waals surface area (Å²) in [4.78, 5) is 38.3. The molecule has 12 nitrogen and oxygen atoms in total. The van der Waals surface area contributed by atoms with Crippen LogP contribution >= 0.6 is 0 Å². The molecule has 3 amide bonds. The first-order valence-electron chi connectivity index (χ1n) is 13.7. The van der Waals surface area contributed by atoms with Gasteiger partial charge in [0.05, 0.1) is 37.9 Å². The number of methoxy groups -OCH3 is 1. The highest BCUT2D eigenvalue weighted by Gasteiger charge is 2.28. The number of likely N-dealkylation sites (tertiary alicyclic amines) is 1. The lowest BCUT2D eigenvalue weighted by molar-refractivity contribution is 0.106. The van der Waals surface area contributed by atoms with E-state index in [1.807, 2.05) is 65.5 Å². The van der Waals surface area contributed by atoms with E-state index in [0.717, 1.165) is 48.3 Å². The molecule has 2 aromatic carbocycles. The summed E-state index contributed by atoms with van der Waals surface area (Å²) in [5.41, 5.74) is 2.95. The Morgan fingerprint density at radius 1 is 0.902 bits per heavy atom. The molecule has 41 heavy (non-hydrogen) atoms. The number of piperidine rings is 1. The number of anilines is 3. The summed E-state index contributed by atoms with van der Waals surface area (Å²) in [6, 6.07) is 16.5. The highest BCUT2D eigenvalue weighted by atomic mass is 16.5. The predicted molar refractivity (Wildman–Crippen MR) is 155 cm³/mol. The normalized spacial score (nSPS) is 16.0. The lowest BCUT2D eigenvalue weighted by atomic mass is 10.1. The minimum atomic E-state index is -0.321. The zero-order valence-corrected chi connectivity index (χ0v) is 22.8. The van der Waals surface area contributed by atoms with Gasteiger partial charge in [0.1, 0.15) is 5.82 Å². The smallest absolute Gasteiger partial charge is 0.409 e. The van der Waals surface area contributed by atoms with E-state index in [1.165, 1.54) is 7.11 Å². The van der Waals surface area contributed by atoms with Crippen molar-refractivity contribution in [2.45, 2.75) is 18.9 Å². The molecule has 2 fully saturated rings. The van der Waals surface area contributed by atoms with Gasteiger partial charge in [-0.1, -0.05) is 18.2 Å². The number of nitrogens with zero attached hydrogens (tertiary/aromatic N) is 6. The number of para-hydroxylation sites is 1. The number of hydrogen-bond donors (Lipinski definition) is 2. The highest BCUT2D eigenvalue weighted by molar-refractivity contribution is 5.99. The lowest BCUT2D eigenvalue weighted by Crippen LogP contribution is -2.39. The molecule has 4 aromatic rings. The van der Waals surface area contributed by atoms with Crippen LogP contribution in [0.3, 0.4) is 0 Å². The number of benzene rings is 2. The number of carbonyl (C=O) groups is 2. The summed E-state index contributed by atoms with van der Waals surface area (Å²) in [7, 11) is 1.41. The van der Waals surface area contributed by atoms with Crippen molar-refractivity contribution in [2.24, 2.45) is 0 Å². The topological polar surface area (TPSA) is 127 Å². The largest absolute Gasteiger partial charge is 0.453 e. The number of aromatic nitrogens is 4. The monoisotopic (exact) mass is 556 g/mol. The molecule has 0 bridgehead atoms. The number of fused-ring (bicyclic) bond motifs is 1. The van der Waals surface area contributed by atoms with Crippen LogP contribution in [0.5, 0.6) is 0 Å². The zero-order chi connectivity index (χ0) is 28.2. The van der Waals surface area contributed by atoms with Crippen LogP contribution < -0.4 is 15.5 Å². The number of hydrogen-bond acceptors (Lipinski definition) is 8. The first-order valence-corrected chi connectivity index (χ1v) is 13.7. The number of ether oxygens (including phenoxy) is 2. The highest BCUT2D eigenvalue weighted by Crippen LogP contribution is 2.32. The zero-order valence-electron chi connectivity index (χ0n) is 22.8. The second-order valence-electron chi connectivity index (χ2n) is 10.0. The maximum Gasteiger partial charge on any atom is 0.409 e. The van der Waals surface area contributed by atoms with Crippen LogP contribution in [0.25, 0.3) is 22.4 Å². The molecule has 2 saturated heterocycles. The predicted octanol–water partition coefficient (Wildman–Crippen LogP) is 4.38. The van der Waals surface area contributed by atoms with E-state index < -0.39 is 0 Å². The van der Waals surface area contributed by atoms with Crippen molar-refractivity contribution < 1.29 is 19.1 Å². The molecular weight excluding hydrogens is 524 g/mol. The molecule has 0 spiro atoms. The first-order chi connectivity index (χ1) is 20.1. The van der Waals surface area contributed by atoms with Crippen molar-refractivity contribution in [2.75, 3.05) is 62.0 Å². The maximum absolute atomic E-state index is 12.4. The Balaban J connectivity index is 1.27. The minimum Gasteiger partial charge on any atom is -0.453 e. The number of amides is 3. The van der Waals surface area contributed by atoms with Gasteiger partial charge < -0.3 is 29.9 Å². The van der Waals surface area contributed by atoms with E-state index in [1.54, 1.807) is 4.90 Å². The molecule has 4 heterocycles. The van der Waals surface area contributed by atoms with Crippen LogP contribution in [0.1, 0.15) is 18.9 Å². The third-order valence-corrected chi connectivity index (χ3v) is 7.42. The molecule has 2 N–H and O–H groups in total. The quantitative estimate of drug-likeness (QED) is 0.371. The van der Waals surface area contributed by atoms with Gasteiger partial charge in [0, 0.05) is 43.1 Å². The van der Waals surface area contributed by atoms with E-state index in [4.69, 9.17) is 24.5 Å². The Kier molecular flexibility index (Phi) is 7.63. The van der Waals surface area contributed by atoms with Gasteiger partial charge in [0.15, 0.2) is 11.5 Å². The molecular formula is C29H32N8O4. The maximum atomic E-state index is 12.4. The summed E-state index contributed by atoms with van der Waals surface area (Å²) in [6.07, 6.45) is 3.05. The van der Waals surface area contributed by atoms with E-state index in [-0.39, 0.29) is 18.2 Å². The van der Waals surface area contributed by atoms with Crippen molar-refractivity contribution in [1.29, 1.82) is 0 Å². The summed E-state index contributed by atoms with van der Waals surface area (Å²) in [5.74, 6) is 1.41. The number of rotatable bonds is 5. The average Bonchev–Trinajstić information content (AvgIpc) is 3.45. The molecule has 0 radical (unpaired) electrons. The molecule has 2 aliphatic rings. The second kappa shape index (κ2) is 11.8. The van der Waals surface area contributed by atoms with Crippen LogP contribution in [0, 0.1) is 0 Å². The molecule has 2 aliphatic heterocycles. The van der Waals surface area contributed by atoms with E-state index >= 15 is 0 Å². The van der Waals surface area contributed by atoms with Crippen LogP contribution in [0.4, 0.5) is 26.8 Å². The molecule has 0 aliphatic carbocycles. The van der Waals surface area contributed by atoms with E-state index in [9.17, 15) is 9.59 Å². The summed E-state index contributed by atoms with van der Waals surface area (Å²) in [5, 5.41) is 11.3. The molecule has 0 saturated carbocycles. The minimum absolute atomic E-state index is 0.100. The fourth-order valence-corrected chi connectivity index (χ4v) is 5.26. The second-order valence-corrected chi connectivity index (χ2v) is 10.0. The Hall–Kier alpha value is -4.71. The summed E-state index contributed by atoms with van der Waals surface area (Å²) in [6.45, 7) is 3.92. The van der Waals surface area contributed by atoms with Crippen LogP contribution in [0.15, 0.2) is 60.8 Å². The number of carbonyl (C=O) groups excluding carboxylic acids is 2. The molecule has 12 heteroatoms. The van der Waals surface area contributed by atoms with Gasteiger partial charge in [-0.05, 0) is 49.2 Å². The Morgan fingerprint density at radius 2 is 1.59 bits per heavy atom. The van der Waals surface area contributed by atoms with Crippen molar-refractivity contribution in [3.63, 3.8) is 0 Å². The van der Waals surface area contributed by atoms with E-state index in [2.05, 4.69) is 15.5 Å². The van der Waals surface area contributed by atoms with E-state index in [0.29, 0.717) is 43.5 Å². The Bertz CT molecular complexity index is 1510. The molecule has 6 rings (SSSR count). The number of nitrogens with one attached hydrogen (secondary N) is 2. The van der Waals surface area contributed by atoms with Gasteiger partial charge in [-0.3, -0.25) is 0 Å². The summed E-state index contributed by atoms with van der Waals surface area (Å²) >= 11 is 0. The van der Waals surface area contributed by atoms with Crippen molar-refractivity contribution >= 4 is 40.4 Å². The van der Waals surface area contributed by atoms with Crippen molar-refractivity contribution in [3.8, 4) is 11.4 Å². The van der Waals surface area contributed by atoms with Crippen molar-refractivity contribution in [3.05, 3.63) is 60.8 Å².